The highest BCUT2D eigenvalue weighted by Crippen LogP contribution is 2.33. The van der Waals surface area contributed by atoms with Crippen molar-refractivity contribution in [3.63, 3.8) is 0 Å². The molecule has 1 N–H and O–H groups in total. The molecule has 0 unspecified atom stereocenters. The Balaban J connectivity index is 2.31. The number of rotatable bonds is 8. The van der Waals surface area contributed by atoms with E-state index in [1.807, 2.05) is 6.07 Å². The maximum atomic E-state index is 13.2. The maximum absolute atomic E-state index is 13.2. The number of anilines is 2. The fourth-order valence-electron chi connectivity index (χ4n) is 2.56. The fourth-order valence-corrected chi connectivity index (χ4v) is 4.80. The van der Waals surface area contributed by atoms with Crippen molar-refractivity contribution in [3.8, 4) is 6.07 Å². The molecule has 1 heterocycles. The van der Waals surface area contributed by atoms with Gasteiger partial charge in [-0.05, 0) is 51.0 Å². The van der Waals surface area contributed by atoms with Crippen LogP contribution in [0.2, 0.25) is 0 Å². The van der Waals surface area contributed by atoms with Crippen molar-refractivity contribution in [1.29, 1.82) is 5.26 Å². The molecule has 2 rings (SSSR count). The first kappa shape index (κ1) is 21.8. The lowest BCUT2D eigenvalue weighted by molar-refractivity contribution is 0.520. The predicted octanol–water partition coefficient (Wildman–Crippen LogP) is 2.47. The average Bonchev–Trinajstić information content (AvgIpc) is 2.61. The molecule has 0 saturated heterocycles. The van der Waals surface area contributed by atoms with E-state index in [0.717, 1.165) is 6.26 Å². The van der Waals surface area contributed by atoms with Gasteiger partial charge in [-0.2, -0.15) is 5.26 Å². The molecule has 8 nitrogen and oxygen atoms in total. The normalized spacial score (nSPS) is 12.4. The Bertz CT molecular complexity index is 1090. The number of aromatic nitrogens is 2. The van der Waals surface area contributed by atoms with Gasteiger partial charge in [0.1, 0.15) is 21.1 Å². The van der Waals surface area contributed by atoms with Crippen LogP contribution in [-0.2, 0) is 19.7 Å². The summed E-state index contributed by atoms with van der Waals surface area (Å²) in [6, 6.07) is 8.51. The SMILES string of the molecule is CC(C)(CCCS(C)(=O)=O)S(=O)(=O)c1cncnc1Nc1ccc(C#N)cc1. The molecule has 0 radical (unpaired) electrons. The van der Waals surface area contributed by atoms with Crippen molar-refractivity contribution in [2.45, 2.75) is 36.3 Å². The van der Waals surface area contributed by atoms with E-state index < -0.39 is 24.4 Å². The van der Waals surface area contributed by atoms with Crippen LogP contribution < -0.4 is 5.32 Å². The molecule has 0 spiro atoms. The van der Waals surface area contributed by atoms with Gasteiger partial charge in [-0.15, -0.1) is 0 Å². The molecule has 0 aliphatic carbocycles. The molecule has 28 heavy (non-hydrogen) atoms. The molecule has 1 aromatic heterocycles. The molecule has 2 aromatic rings. The zero-order valence-corrected chi connectivity index (χ0v) is 17.5. The van der Waals surface area contributed by atoms with Crippen molar-refractivity contribution < 1.29 is 16.8 Å². The van der Waals surface area contributed by atoms with Gasteiger partial charge in [0.15, 0.2) is 15.7 Å². The lowest BCUT2D eigenvalue weighted by Crippen LogP contribution is -2.33. The molecular weight excluding hydrogens is 400 g/mol. The van der Waals surface area contributed by atoms with Crippen LogP contribution in [0.1, 0.15) is 32.3 Å². The zero-order valence-electron chi connectivity index (χ0n) is 15.9. The Hall–Kier alpha value is -2.51. The van der Waals surface area contributed by atoms with E-state index in [9.17, 15) is 16.8 Å². The Labute approximate surface area is 165 Å². The van der Waals surface area contributed by atoms with Crippen LogP contribution in [-0.4, -0.2) is 43.6 Å². The van der Waals surface area contributed by atoms with Gasteiger partial charge in [-0.1, -0.05) is 0 Å². The summed E-state index contributed by atoms with van der Waals surface area (Å²) >= 11 is 0. The summed E-state index contributed by atoms with van der Waals surface area (Å²) < 4.78 is 47.9. The van der Waals surface area contributed by atoms with Crippen LogP contribution in [0.4, 0.5) is 11.5 Å². The Morgan fingerprint density at radius 3 is 2.36 bits per heavy atom. The van der Waals surface area contributed by atoms with Crippen LogP contribution in [0, 0.1) is 11.3 Å². The number of nitriles is 1. The van der Waals surface area contributed by atoms with E-state index in [1.165, 1.54) is 12.5 Å². The van der Waals surface area contributed by atoms with Crippen LogP contribution in [0.5, 0.6) is 0 Å². The van der Waals surface area contributed by atoms with Gasteiger partial charge in [-0.25, -0.2) is 26.8 Å². The van der Waals surface area contributed by atoms with Crippen LogP contribution in [0.3, 0.4) is 0 Å². The zero-order chi connectivity index (χ0) is 21.0. The first-order valence-electron chi connectivity index (χ1n) is 8.46. The molecule has 0 aliphatic rings. The number of sulfone groups is 2. The number of nitrogens with zero attached hydrogens (tertiary/aromatic N) is 3. The van der Waals surface area contributed by atoms with Crippen molar-refractivity contribution in [1.82, 2.24) is 9.97 Å². The van der Waals surface area contributed by atoms with Gasteiger partial charge in [-0.3, -0.25) is 0 Å². The van der Waals surface area contributed by atoms with Crippen LogP contribution in [0.25, 0.3) is 0 Å². The maximum Gasteiger partial charge on any atom is 0.188 e. The van der Waals surface area contributed by atoms with Crippen molar-refractivity contribution in [2.24, 2.45) is 0 Å². The van der Waals surface area contributed by atoms with E-state index in [-0.39, 0.29) is 29.3 Å². The van der Waals surface area contributed by atoms with Crippen molar-refractivity contribution in [2.75, 3.05) is 17.3 Å². The molecule has 150 valence electrons. The number of benzene rings is 1. The second kappa shape index (κ2) is 8.24. The second-order valence-corrected chi connectivity index (χ2v) is 11.9. The second-order valence-electron chi connectivity index (χ2n) is 7.05. The average molecular weight is 423 g/mol. The Morgan fingerprint density at radius 1 is 1.14 bits per heavy atom. The van der Waals surface area contributed by atoms with E-state index in [1.54, 1.807) is 38.1 Å². The number of hydrogen-bond donors (Lipinski definition) is 1. The first-order chi connectivity index (χ1) is 13.0. The lowest BCUT2D eigenvalue weighted by atomic mass is 10.1. The third-order valence-electron chi connectivity index (χ3n) is 4.27. The van der Waals surface area contributed by atoms with Gasteiger partial charge in [0.05, 0.1) is 22.6 Å². The molecule has 0 aliphatic heterocycles. The van der Waals surface area contributed by atoms with Crippen molar-refractivity contribution in [3.05, 3.63) is 42.4 Å². The third-order valence-corrected chi connectivity index (χ3v) is 7.83. The highest BCUT2D eigenvalue weighted by Gasteiger charge is 2.37. The van der Waals surface area contributed by atoms with Crippen LogP contribution in [0.15, 0.2) is 41.7 Å². The molecule has 10 heteroatoms. The molecule has 0 amide bonds. The molecule has 0 fully saturated rings. The van der Waals surface area contributed by atoms with Crippen LogP contribution >= 0.6 is 0 Å². The van der Waals surface area contributed by atoms with Crippen molar-refractivity contribution >= 4 is 31.2 Å². The standard InChI is InChI=1S/C18H22N4O4S2/c1-18(2,9-4-10-27(3,23)24)28(25,26)16-12-20-13-21-17(16)22-15-7-5-14(11-19)6-8-15/h5-8,12-13H,4,9-10H2,1-3H3,(H,20,21,22). The summed E-state index contributed by atoms with van der Waals surface area (Å²) in [5.74, 6) is 0.0454. The molecule has 0 atom stereocenters. The largest absolute Gasteiger partial charge is 0.339 e. The smallest absolute Gasteiger partial charge is 0.188 e. The molecule has 0 bridgehead atoms. The number of hydrogen-bond acceptors (Lipinski definition) is 8. The topological polar surface area (TPSA) is 130 Å². The summed E-state index contributed by atoms with van der Waals surface area (Å²) in [6.07, 6.45) is 4.00. The van der Waals surface area contributed by atoms with Gasteiger partial charge < -0.3 is 5.32 Å². The third kappa shape index (κ3) is 5.27. The Kier molecular flexibility index (Phi) is 6.41. The highest BCUT2D eigenvalue weighted by molar-refractivity contribution is 7.93. The predicted molar refractivity (Wildman–Crippen MR) is 107 cm³/mol. The minimum absolute atomic E-state index is 0.0660. The summed E-state index contributed by atoms with van der Waals surface area (Å²) in [4.78, 5) is 7.83. The first-order valence-corrected chi connectivity index (χ1v) is 12.0. The summed E-state index contributed by atoms with van der Waals surface area (Å²) in [5, 5.41) is 11.8. The van der Waals surface area contributed by atoms with E-state index >= 15 is 0 Å². The summed E-state index contributed by atoms with van der Waals surface area (Å²) in [6.45, 7) is 3.12. The minimum atomic E-state index is -3.85. The molecular formula is C18H22N4O4S2. The van der Waals surface area contributed by atoms with Gasteiger partial charge in [0, 0.05) is 17.7 Å². The monoisotopic (exact) mass is 422 g/mol. The highest BCUT2D eigenvalue weighted by atomic mass is 32.2. The van der Waals surface area contributed by atoms with Gasteiger partial charge in [0.25, 0.3) is 0 Å². The minimum Gasteiger partial charge on any atom is -0.339 e. The number of nitrogens with one attached hydrogen (secondary N) is 1. The van der Waals surface area contributed by atoms with E-state index in [4.69, 9.17) is 5.26 Å². The lowest BCUT2D eigenvalue weighted by Gasteiger charge is -2.25. The summed E-state index contributed by atoms with van der Waals surface area (Å²) in [7, 11) is -7.02. The quantitative estimate of drug-likeness (QED) is 0.686. The molecule has 1 aromatic carbocycles. The van der Waals surface area contributed by atoms with Gasteiger partial charge in [0.2, 0.25) is 0 Å². The van der Waals surface area contributed by atoms with E-state index in [2.05, 4.69) is 15.3 Å². The van der Waals surface area contributed by atoms with Gasteiger partial charge >= 0.3 is 0 Å². The Morgan fingerprint density at radius 2 is 1.79 bits per heavy atom. The molecule has 0 saturated carbocycles. The fraction of sp³-hybridized carbons (Fsp3) is 0.389. The summed E-state index contributed by atoms with van der Waals surface area (Å²) in [5.41, 5.74) is 1.05. The van der Waals surface area contributed by atoms with E-state index in [0.29, 0.717) is 11.3 Å².